The van der Waals surface area contributed by atoms with Gasteiger partial charge < -0.3 is 0 Å². The second-order valence-electron chi connectivity index (χ2n) is 2.58. The Morgan fingerprint density at radius 2 is 1.70 bits per heavy atom. The van der Waals surface area contributed by atoms with E-state index < -0.39 is 0 Å². The zero-order valence-electron chi connectivity index (χ0n) is 6.69. The van der Waals surface area contributed by atoms with Crippen LogP contribution in [0.15, 0.2) is 0 Å². The van der Waals surface area contributed by atoms with Gasteiger partial charge in [-0.05, 0) is 35.4 Å². The summed E-state index contributed by atoms with van der Waals surface area (Å²) < 4.78 is 0.335. The highest BCUT2D eigenvalue weighted by Gasteiger charge is 2.12. The van der Waals surface area contributed by atoms with Crippen LogP contribution in [0, 0.1) is 5.92 Å². The lowest BCUT2D eigenvalue weighted by Crippen LogP contribution is -2.06. The van der Waals surface area contributed by atoms with Crippen molar-refractivity contribution in [2.45, 2.75) is 39.5 Å². The van der Waals surface area contributed by atoms with Crippen LogP contribution in [0.25, 0.3) is 0 Å². The van der Waals surface area contributed by atoms with Gasteiger partial charge in [0.1, 0.15) is 0 Å². The molecule has 10 heavy (non-hydrogen) atoms. The second kappa shape index (κ2) is 6.13. The van der Waals surface area contributed by atoms with Gasteiger partial charge in [0.25, 0.3) is 0 Å². The van der Waals surface area contributed by atoms with E-state index in [0.717, 1.165) is 25.7 Å². The number of halogens is 1. The third kappa shape index (κ3) is 4.25. The molecular formula is C8H15IO. The van der Waals surface area contributed by atoms with E-state index in [1.807, 2.05) is 22.6 Å². The number of rotatable bonds is 5. The Kier molecular flexibility index (Phi) is 6.38. The fraction of sp³-hybridized carbons (Fsp3) is 0.875. The highest BCUT2D eigenvalue weighted by atomic mass is 127. The molecule has 0 aliphatic carbocycles. The fourth-order valence-electron chi connectivity index (χ4n) is 1.07. The van der Waals surface area contributed by atoms with Crippen LogP contribution in [0.2, 0.25) is 0 Å². The molecule has 0 fully saturated rings. The third-order valence-electron chi connectivity index (χ3n) is 1.60. The van der Waals surface area contributed by atoms with E-state index in [9.17, 15) is 4.79 Å². The summed E-state index contributed by atoms with van der Waals surface area (Å²) >= 11 is 1.91. The van der Waals surface area contributed by atoms with Gasteiger partial charge in [0.15, 0.2) is 3.79 Å². The standard InChI is InChI=1S/C8H15IO/c1-3-5-7(6-4-2)8(9)10/h7H,3-6H2,1-2H3. The Morgan fingerprint density at radius 3 is 1.90 bits per heavy atom. The topological polar surface area (TPSA) is 17.1 Å². The molecule has 0 amide bonds. The monoisotopic (exact) mass is 254 g/mol. The Bertz CT molecular complexity index is 95.4. The quantitative estimate of drug-likeness (QED) is 0.544. The van der Waals surface area contributed by atoms with Crippen molar-refractivity contribution in [3.8, 4) is 0 Å². The molecule has 0 aliphatic rings. The number of hydrogen-bond acceptors (Lipinski definition) is 1. The third-order valence-corrected chi connectivity index (χ3v) is 2.48. The van der Waals surface area contributed by atoms with E-state index in [0.29, 0.717) is 9.71 Å². The van der Waals surface area contributed by atoms with E-state index in [4.69, 9.17) is 0 Å². The Morgan fingerprint density at radius 1 is 1.30 bits per heavy atom. The molecule has 0 rings (SSSR count). The van der Waals surface area contributed by atoms with Gasteiger partial charge in [0.2, 0.25) is 0 Å². The smallest absolute Gasteiger partial charge is 0.195 e. The highest BCUT2D eigenvalue weighted by molar-refractivity contribution is 14.1. The molecule has 0 saturated carbocycles. The summed E-state index contributed by atoms with van der Waals surface area (Å²) in [5.41, 5.74) is 0. The molecule has 1 nitrogen and oxygen atoms in total. The maximum atomic E-state index is 10.9. The Labute approximate surface area is 76.7 Å². The normalized spacial score (nSPS) is 10.4. The van der Waals surface area contributed by atoms with Gasteiger partial charge >= 0.3 is 0 Å². The minimum Gasteiger partial charge on any atom is -0.287 e. The summed E-state index contributed by atoms with van der Waals surface area (Å²) in [4.78, 5) is 10.9. The van der Waals surface area contributed by atoms with Crippen LogP contribution in [0.1, 0.15) is 39.5 Å². The highest BCUT2D eigenvalue weighted by Crippen LogP contribution is 2.17. The van der Waals surface area contributed by atoms with Crippen molar-refractivity contribution in [2.24, 2.45) is 5.92 Å². The van der Waals surface area contributed by atoms with E-state index in [1.165, 1.54) is 0 Å². The molecular weight excluding hydrogens is 239 g/mol. The average Bonchev–Trinajstić information content (AvgIpc) is 1.87. The molecule has 0 unspecified atom stereocenters. The number of carbonyl (C=O) groups is 1. The predicted octanol–water partition coefficient (Wildman–Crippen LogP) is 3.16. The first kappa shape index (κ1) is 10.4. The van der Waals surface area contributed by atoms with Crippen LogP contribution < -0.4 is 0 Å². The zero-order valence-corrected chi connectivity index (χ0v) is 8.85. The molecule has 0 radical (unpaired) electrons. The van der Waals surface area contributed by atoms with E-state index in [-0.39, 0.29) is 0 Å². The molecule has 0 aromatic carbocycles. The molecule has 0 N–H and O–H groups in total. The van der Waals surface area contributed by atoms with E-state index in [2.05, 4.69) is 13.8 Å². The Balaban J connectivity index is 3.61. The lowest BCUT2D eigenvalue weighted by molar-refractivity contribution is -0.113. The molecule has 0 aromatic heterocycles. The van der Waals surface area contributed by atoms with Crippen LogP contribution in [0.3, 0.4) is 0 Å². The largest absolute Gasteiger partial charge is 0.287 e. The van der Waals surface area contributed by atoms with Gasteiger partial charge in [0.05, 0.1) is 0 Å². The molecule has 0 spiro atoms. The molecule has 0 atom stereocenters. The van der Waals surface area contributed by atoms with Gasteiger partial charge in [-0.15, -0.1) is 0 Å². The van der Waals surface area contributed by atoms with Gasteiger partial charge in [-0.25, -0.2) is 0 Å². The average molecular weight is 254 g/mol. The van der Waals surface area contributed by atoms with Crippen LogP contribution in [-0.2, 0) is 4.79 Å². The first-order valence-corrected chi connectivity index (χ1v) is 4.99. The summed E-state index contributed by atoms with van der Waals surface area (Å²) in [6.45, 7) is 4.25. The van der Waals surface area contributed by atoms with E-state index >= 15 is 0 Å². The fourth-order valence-corrected chi connectivity index (χ4v) is 1.69. The molecule has 0 bridgehead atoms. The molecule has 0 aliphatic heterocycles. The van der Waals surface area contributed by atoms with Crippen LogP contribution >= 0.6 is 22.6 Å². The SMILES string of the molecule is CCCC(CCC)C(=O)I. The van der Waals surface area contributed by atoms with Crippen molar-refractivity contribution in [3.05, 3.63) is 0 Å². The van der Waals surface area contributed by atoms with Crippen molar-refractivity contribution in [1.29, 1.82) is 0 Å². The predicted molar refractivity (Wildman–Crippen MR) is 52.3 cm³/mol. The molecule has 0 aromatic rings. The van der Waals surface area contributed by atoms with Gasteiger partial charge in [-0.2, -0.15) is 0 Å². The van der Waals surface area contributed by atoms with Crippen molar-refractivity contribution in [3.63, 3.8) is 0 Å². The summed E-state index contributed by atoms with van der Waals surface area (Å²) in [5.74, 6) is 0.329. The molecule has 2 heteroatoms. The second-order valence-corrected chi connectivity index (χ2v) is 3.64. The van der Waals surface area contributed by atoms with Crippen LogP contribution in [0.5, 0.6) is 0 Å². The first-order chi connectivity index (χ1) is 4.72. The van der Waals surface area contributed by atoms with Gasteiger partial charge in [-0.3, -0.25) is 4.79 Å². The van der Waals surface area contributed by atoms with Crippen molar-refractivity contribution < 1.29 is 4.79 Å². The number of carbonyl (C=O) groups excluding carboxylic acids is 1. The van der Waals surface area contributed by atoms with Crippen molar-refractivity contribution in [1.82, 2.24) is 0 Å². The molecule has 0 heterocycles. The molecule has 0 saturated heterocycles. The Hall–Kier alpha value is 0.400. The number of hydrogen-bond donors (Lipinski definition) is 0. The molecule has 60 valence electrons. The minimum absolute atomic E-state index is 0.329. The summed E-state index contributed by atoms with van der Waals surface area (Å²) in [5, 5.41) is 0. The van der Waals surface area contributed by atoms with Crippen LogP contribution in [0.4, 0.5) is 0 Å². The lowest BCUT2D eigenvalue weighted by Gasteiger charge is -2.08. The first-order valence-electron chi connectivity index (χ1n) is 3.91. The van der Waals surface area contributed by atoms with Crippen molar-refractivity contribution in [2.75, 3.05) is 0 Å². The summed E-state index contributed by atoms with van der Waals surface area (Å²) in [6, 6.07) is 0. The summed E-state index contributed by atoms with van der Waals surface area (Å²) in [6.07, 6.45) is 4.38. The maximum Gasteiger partial charge on any atom is 0.195 e. The maximum absolute atomic E-state index is 10.9. The van der Waals surface area contributed by atoms with Gasteiger partial charge in [0, 0.05) is 5.92 Å². The van der Waals surface area contributed by atoms with Crippen molar-refractivity contribution >= 4 is 26.4 Å². The van der Waals surface area contributed by atoms with Gasteiger partial charge in [-0.1, -0.05) is 26.7 Å². The lowest BCUT2D eigenvalue weighted by atomic mass is 10.0. The van der Waals surface area contributed by atoms with Crippen LogP contribution in [-0.4, -0.2) is 3.79 Å². The van der Waals surface area contributed by atoms with E-state index in [1.54, 1.807) is 0 Å². The zero-order chi connectivity index (χ0) is 7.98. The minimum atomic E-state index is 0.329. The summed E-state index contributed by atoms with van der Waals surface area (Å²) in [7, 11) is 0.